The zero-order valence-corrected chi connectivity index (χ0v) is 12.8. The molecule has 0 spiro atoms. The van der Waals surface area contributed by atoms with Gasteiger partial charge < -0.3 is 9.88 Å². The van der Waals surface area contributed by atoms with E-state index in [4.69, 9.17) is 0 Å². The third kappa shape index (κ3) is 2.27. The molecule has 2 aromatic carbocycles. The maximum Gasteiger partial charge on any atom is 0.256 e. The van der Waals surface area contributed by atoms with Gasteiger partial charge in [0.15, 0.2) is 0 Å². The zero-order chi connectivity index (χ0) is 15.8. The van der Waals surface area contributed by atoms with Crippen LogP contribution in [0.15, 0.2) is 66.7 Å². The van der Waals surface area contributed by atoms with E-state index in [1.165, 1.54) is 0 Å². The standard InChI is InChI=1S/C20H16N2O/c1-22-15(11-12-19(22)14-7-3-2-4-8-14)13-17-16-9-5-6-10-18(16)21-20(17)23/h2-13H,1H3,(H,21,23). The van der Waals surface area contributed by atoms with E-state index in [9.17, 15) is 4.79 Å². The molecular weight excluding hydrogens is 284 g/mol. The number of benzene rings is 2. The van der Waals surface area contributed by atoms with Gasteiger partial charge in [0.1, 0.15) is 0 Å². The van der Waals surface area contributed by atoms with Crippen molar-refractivity contribution in [2.24, 2.45) is 7.05 Å². The lowest BCUT2D eigenvalue weighted by molar-refractivity contribution is -0.110. The summed E-state index contributed by atoms with van der Waals surface area (Å²) < 4.78 is 2.11. The highest BCUT2D eigenvalue weighted by molar-refractivity contribution is 6.34. The smallest absolute Gasteiger partial charge is 0.256 e. The SMILES string of the molecule is Cn1c(C=C2C(=O)Nc3ccccc32)ccc1-c1ccccc1. The number of aromatic nitrogens is 1. The van der Waals surface area contributed by atoms with Crippen LogP contribution >= 0.6 is 0 Å². The monoisotopic (exact) mass is 300 g/mol. The Labute approximate surface area is 134 Å². The molecule has 3 aromatic rings. The summed E-state index contributed by atoms with van der Waals surface area (Å²) in [5.41, 5.74) is 5.84. The van der Waals surface area contributed by atoms with Crippen molar-refractivity contribution in [1.29, 1.82) is 0 Å². The summed E-state index contributed by atoms with van der Waals surface area (Å²) >= 11 is 0. The summed E-state index contributed by atoms with van der Waals surface area (Å²) in [5.74, 6) is -0.0475. The Kier molecular flexibility index (Phi) is 3.12. The Hall–Kier alpha value is -3.07. The summed E-state index contributed by atoms with van der Waals surface area (Å²) in [6, 6.07) is 22.1. The van der Waals surface area contributed by atoms with Crippen molar-refractivity contribution >= 4 is 23.2 Å². The fourth-order valence-corrected chi connectivity index (χ4v) is 3.00. The molecular formula is C20H16N2O. The first-order chi connectivity index (χ1) is 11.2. The topological polar surface area (TPSA) is 34.0 Å². The van der Waals surface area contributed by atoms with Gasteiger partial charge in [0.05, 0.1) is 5.57 Å². The first kappa shape index (κ1) is 13.6. The molecule has 1 aromatic heterocycles. The summed E-state index contributed by atoms with van der Waals surface area (Å²) in [6.45, 7) is 0. The van der Waals surface area contributed by atoms with Crippen molar-refractivity contribution < 1.29 is 4.79 Å². The number of hydrogen-bond acceptors (Lipinski definition) is 1. The van der Waals surface area contributed by atoms with Crippen molar-refractivity contribution in [3.63, 3.8) is 0 Å². The lowest BCUT2D eigenvalue weighted by Crippen LogP contribution is -2.04. The van der Waals surface area contributed by atoms with Crippen LogP contribution in [-0.4, -0.2) is 10.5 Å². The number of carbonyl (C=O) groups is 1. The van der Waals surface area contributed by atoms with Crippen molar-refractivity contribution in [3.05, 3.63) is 78.0 Å². The largest absolute Gasteiger partial charge is 0.344 e. The molecule has 23 heavy (non-hydrogen) atoms. The summed E-state index contributed by atoms with van der Waals surface area (Å²) in [5, 5.41) is 2.91. The number of nitrogens with zero attached hydrogens (tertiary/aromatic N) is 1. The van der Waals surface area contributed by atoms with Crippen molar-refractivity contribution in [2.45, 2.75) is 0 Å². The highest BCUT2D eigenvalue weighted by Crippen LogP contribution is 2.33. The van der Waals surface area contributed by atoms with Gasteiger partial charge in [-0.3, -0.25) is 4.79 Å². The molecule has 0 unspecified atom stereocenters. The second-order valence-corrected chi connectivity index (χ2v) is 5.63. The van der Waals surface area contributed by atoms with E-state index in [0.717, 1.165) is 28.2 Å². The molecule has 0 aliphatic carbocycles. The van der Waals surface area contributed by atoms with Crippen molar-refractivity contribution in [3.8, 4) is 11.3 Å². The van der Waals surface area contributed by atoms with E-state index in [1.807, 2.05) is 61.7 Å². The minimum absolute atomic E-state index is 0.0475. The minimum atomic E-state index is -0.0475. The van der Waals surface area contributed by atoms with E-state index in [-0.39, 0.29) is 5.91 Å². The molecule has 0 saturated heterocycles. The molecule has 0 fully saturated rings. The van der Waals surface area contributed by atoms with Crippen LogP contribution in [0.1, 0.15) is 11.3 Å². The molecule has 4 rings (SSSR count). The molecule has 3 nitrogen and oxygen atoms in total. The van der Waals surface area contributed by atoms with Crippen LogP contribution < -0.4 is 5.32 Å². The van der Waals surface area contributed by atoms with Crippen LogP contribution in [0, 0.1) is 0 Å². The molecule has 0 saturated carbocycles. The number of amides is 1. The van der Waals surface area contributed by atoms with Gasteiger partial charge in [-0.15, -0.1) is 0 Å². The van der Waals surface area contributed by atoms with Crippen LogP contribution in [0.4, 0.5) is 5.69 Å². The van der Waals surface area contributed by atoms with Gasteiger partial charge in [0, 0.05) is 29.7 Å². The molecule has 0 bridgehead atoms. The first-order valence-corrected chi connectivity index (χ1v) is 7.57. The molecule has 112 valence electrons. The predicted octanol–water partition coefficient (Wildman–Crippen LogP) is 4.18. The van der Waals surface area contributed by atoms with Crippen LogP contribution in [0.5, 0.6) is 0 Å². The Bertz CT molecular complexity index is 920. The van der Waals surface area contributed by atoms with Crippen LogP contribution in [0.2, 0.25) is 0 Å². The quantitative estimate of drug-likeness (QED) is 0.708. The van der Waals surface area contributed by atoms with Gasteiger partial charge >= 0.3 is 0 Å². The Morgan fingerprint density at radius 1 is 0.913 bits per heavy atom. The van der Waals surface area contributed by atoms with Crippen LogP contribution in [0.25, 0.3) is 22.9 Å². The number of carbonyl (C=O) groups excluding carboxylic acids is 1. The van der Waals surface area contributed by atoms with Gasteiger partial charge in [0.25, 0.3) is 5.91 Å². The molecule has 0 atom stereocenters. The lowest BCUT2D eigenvalue weighted by Gasteiger charge is -2.06. The van der Waals surface area contributed by atoms with Crippen molar-refractivity contribution in [1.82, 2.24) is 4.57 Å². The Morgan fingerprint density at radius 3 is 2.48 bits per heavy atom. The third-order valence-corrected chi connectivity index (χ3v) is 4.23. The summed E-state index contributed by atoms with van der Waals surface area (Å²) in [6.07, 6.45) is 1.95. The van der Waals surface area contributed by atoms with Gasteiger partial charge in [-0.25, -0.2) is 0 Å². The van der Waals surface area contributed by atoms with Gasteiger partial charge in [-0.1, -0.05) is 48.5 Å². The molecule has 2 heterocycles. The number of rotatable bonds is 2. The number of fused-ring (bicyclic) bond motifs is 1. The molecule has 1 amide bonds. The van der Waals surface area contributed by atoms with E-state index in [1.54, 1.807) is 0 Å². The van der Waals surface area contributed by atoms with E-state index in [0.29, 0.717) is 5.57 Å². The molecule has 1 N–H and O–H groups in total. The average molecular weight is 300 g/mol. The molecule has 0 radical (unpaired) electrons. The number of anilines is 1. The number of nitrogens with one attached hydrogen (secondary N) is 1. The van der Waals surface area contributed by atoms with Gasteiger partial charge in [0.2, 0.25) is 0 Å². The maximum atomic E-state index is 12.2. The molecule has 1 aliphatic heterocycles. The molecule has 3 heteroatoms. The van der Waals surface area contributed by atoms with E-state index in [2.05, 4.69) is 28.1 Å². The average Bonchev–Trinajstić information content (AvgIpc) is 3.10. The van der Waals surface area contributed by atoms with Gasteiger partial charge in [-0.05, 0) is 29.8 Å². The first-order valence-electron chi connectivity index (χ1n) is 7.57. The number of para-hydroxylation sites is 1. The summed E-state index contributed by atoms with van der Waals surface area (Å²) in [4.78, 5) is 12.2. The van der Waals surface area contributed by atoms with Crippen molar-refractivity contribution in [2.75, 3.05) is 5.32 Å². The Balaban J connectivity index is 1.79. The predicted molar refractivity (Wildman–Crippen MR) is 93.8 cm³/mol. The lowest BCUT2D eigenvalue weighted by atomic mass is 10.1. The fraction of sp³-hybridized carbons (Fsp3) is 0.0500. The van der Waals surface area contributed by atoms with Gasteiger partial charge in [-0.2, -0.15) is 0 Å². The number of hydrogen-bond donors (Lipinski definition) is 1. The highest BCUT2D eigenvalue weighted by Gasteiger charge is 2.23. The molecule has 1 aliphatic rings. The highest BCUT2D eigenvalue weighted by atomic mass is 16.2. The van der Waals surface area contributed by atoms with Crippen LogP contribution in [-0.2, 0) is 11.8 Å². The minimum Gasteiger partial charge on any atom is -0.344 e. The normalized spacial score (nSPS) is 14.8. The van der Waals surface area contributed by atoms with Crippen LogP contribution in [0.3, 0.4) is 0 Å². The Morgan fingerprint density at radius 2 is 1.65 bits per heavy atom. The van der Waals surface area contributed by atoms with E-state index >= 15 is 0 Å². The van der Waals surface area contributed by atoms with E-state index < -0.39 is 0 Å². The second kappa shape index (κ2) is 5.29. The summed E-state index contributed by atoms with van der Waals surface area (Å²) in [7, 11) is 2.02. The fourth-order valence-electron chi connectivity index (χ4n) is 3.00. The third-order valence-electron chi connectivity index (χ3n) is 4.23. The second-order valence-electron chi connectivity index (χ2n) is 5.63. The maximum absolute atomic E-state index is 12.2. The zero-order valence-electron chi connectivity index (χ0n) is 12.8.